The molecule has 9 heteroatoms. The van der Waals surface area contributed by atoms with E-state index in [4.69, 9.17) is 9.72 Å². The molecule has 164 valence electrons. The van der Waals surface area contributed by atoms with E-state index in [1.807, 2.05) is 23.2 Å². The van der Waals surface area contributed by atoms with Gasteiger partial charge in [-0.2, -0.15) is 10.2 Å². The fraction of sp³-hybridized carbons (Fsp3) is 0.304. The summed E-state index contributed by atoms with van der Waals surface area (Å²) in [6.07, 6.45) is 5.38. The number of aromatic nitrogens is 5. The van der Waals surface area contributed by atoms with E-state index in [1.165, 1.54) is 12.1 Å². The Labute approximate surface area is 184 Å². The Morgan fingerprint density at radius 1 is 1.19 bits per heavy atom. The normalized spacial score (nSPS) is 16.5. The summed E-state index contributed by atoms with van der Waals surface area (Å²) in [5.74, 6) is 0.928. The summed E-state index contributed by atoms with van der Waals surface area (Å²) in [6.45, 7) is 1.25. The second kappa shape index (κ2) is 8.07. The van der Waals surface area contributed by atoms with Crippen LogP contribution in [0.2, 0.25) is 0 Å². The van der Waals surface area contributed by atoms with Gasteiger partial charge in [0.1, 0.15) is 17.3 Å². The SMILES string of the molecule is COc1ccc(F)cc1-c1ccc2nc([C@@H]3CCCN(C(=O)c4ccn(C)n4)C3)nn2c1. The van der Waals surface area contributed by atoms with Crippen molar-refractivity contribution in [1.29, 1.82) is 0 Å². The van der Waals surface area contributed by atoms with Gasteiger partial charge in [0.15, 0.2) is 11.5 Å². The van der Waals surface area contributed by atoms with Gasteiger partial charge in [0.25, 0.3) is 5.91 Å². The van der Waals surface area contributed by atoms with Crippen LogP contribution < -0.4 is 4.74 Å². The number of ether oxygens (including phenoxy) is 1. The van der Waals surface area contributed by atoms with Crippen LogP contribution in [0.4, 0.5) is 4.39 Å². The molecule has 4 aromatic rings. The lowest BCUT2D eigenvalue weighted by molar-refractivity contribution is 0.0698. The number of piperidine rings is 1. The molecule has 1 atom stereocenters. The number of methoxy groups -OCH3 is 1. The van der Waals surface area contributed by atoms with Gasteiger partial charge in [0.05, 0.1) is 7.11 Å². The molecule has 0 saturated carbocycles. The average molecular weight is 434 g/mol. The molecule has 1 saturated heterocycles. The molecule has 0 N–H and O–H groups in total. The number of nitrogens with zero attached hydrogens (tertiary/aromatic N) is 6. The van der Waals surface area contributed by atoms with E-state index in [1.54, 1.807) is 41.7 Å². The average Bonchev–Trinajstić information content (AvgIpc) is 3.44. The van der Waals surface area contributed by atoms with Gasteiger partial charge < -0.3 is 9.64 Å². The van der Waals surface area contributed by atoms with Crippen LogP contribution in [0.15, 0.2) is 48.8 Å². The lowest BCUT2D eigenvalue weighted by Gasteiger charge is -2.30. The molecular formula is C23H23FN6O2. The Hall–Kier alpha value is -3.75. The number of rotatable bonds is 4. The van der Waals surface area contributed by atoms with Gasteiger partial charge in [-0.15, -0.1) is 0 Å². The minimum atomic E-state index is -0.333. The molecule has 0 radical (unpaired) electrons. The Kier molecular flexibility index (Phi) is 5.08. The third-order valence-corrected chi connectivity index (χ3v) is 5.83. The zero-order valence-corrected chi connectivity index (χ0v) is 17.9. The van der Waals surface area contributed by atoms with Crippen molar-refractivity contribution in [2.45, 2.75) is 18.8 Å². The fourth-order valence-electron chi connectivity index (χ4n) is 4.20. The molecule has 0 spiro atoms. The van der Waals surface area contributed by atoms with Crippen molar-refractivity contribution in [1.82, 2.24) is 29.3 Å². The highest BCUT2D eigenvalue weighted by Gasteiger charge is 2.29. The number of pyridine rings is 1. The first kappa shape index (κ1) is 20.2. The summed E-state index contributed by atoms with van der Waals surface area (Å²) in [6, 6.07) is 9.89. The molecule has 1 aromatic carbocycles. The molecule has 32 heavy (non-hydrogen) atoms. The van der Waals surface area contributed by atoms with Crippen molar-refractivity contribution in [2.75, 3.05) is 20.2 Å². The Morgan fingerprint density at radius 3 is 2.84 bits per heavy atom. The molecule has 1 aliphatic rings. The minimum Gasteiger partial charge on any atom is -0.496 e. The first-order chi connectivity index (χ1) is 15.5. The van der Waals surface area contributed by atoms with Gasteiger partial charge in [0, 0.05) is 49.6 Å². The van der Waals surface area contributed by atoms with E-state index in [0.29, 0.717) is 41.6 Å². The Balaban J connectivity index is 1.41. The molecule has 1 fully saturated rings. The number of fused-ring (bicyclic) bond motifs is 1. The summed E-state index contributed by atoms with van der Waals surface area (Å²) in [5, 5.41) is 8.91. The van der Waals surface area contributed by atoms with Crippen LogP contribution in [0, 0.1) is 5.82 Å². The third kappa shape index (κ3) is 3.70. The van der Waals surface area contributed by atoms with Gasteiger partial charge in [-0.3, -0.25) is 9.48 Å². The monoisotopic (exact) mass is 434 g/mol. The molecule has 0 unspecified atom stereocenters. The molecule has 0 bridgehead atoms. The van der Waals surface area contributed by atoms with E-state index in [0.717, 1.165) is 18.4 Å². The number of aryl methyl sites for hydroxylation is 1. The van der Waals surface area contributed by atoms with Gasteiger partial charge >= 0.3 is 0 Å². The summed E-state index contributed by atoms with van der Waals surface area (Å²) in [7, 11) is 3.36. The zero-order valence-electron chi connectivity index (χ0n) is 17.9. The second-order valence-corrected chi connectivity index (χ2v) is 8.00. The van der Waals surface area contributed by atoms with Gasteiger partial charge in [-0.05, 0) is 49.2 Å². The van der Waals surface area contributed by atoms with Crippen LogP contribution in [-0.4, -0.2) is 55.4 Å². The van der Waals surface area contributed by atoms with Crippen molar-refractivity contribution >= 4 is 11.6 Å². The summed E-state index contributed by atoms with van der Waals surface area (Å²) in [5.41, 5.74) is 2.58. The van der Waals surface area contributed by atoms with E-state index in [9.17, 15) is 9.18 Å². The van der Waals surface area contributed by atoms with Crippen LogP contribution in [0.5, 0.6) is 5.75 Å². The first-order valence-corrected chi connectivity index (χ1v) is 10.5. The predicted octanol–water partition coefficient (Wildman–Crippen LogP) is 3.30. The molecular weight excluding hydrogens is 411 g/mol. The third-order valence-electron chi connectivity index (χ3n) is 5.83. The van der Waals surface area contributed by atoms with Gasteiger partial charge in [-0.25, -0.2) is 13.9 Å². The first-order valence-electron chi connectivity index (χ1n) is 10.5. The number of halogens is 1. The van der Waals surface area contributed by atoms with E-state index < -0.39 is 0 Å². The maximum absolute atomic E-state index is 13.8. The lowest BCUT2D eigenvalue weighted by atomic mass is 9.97. The lowest BCUT2D eigenvalue weighted by Crippen LogP contribution is -2.39. The second-order valence-electron chi connectivity index (χ2n) is 8.00. The van der Waals surface area contributed by atoms with Gasteiger partial charge in [-0.1, -0.05) is 0 Å². The van der Waals surface area contributed by atoms with E-state index >= 15 is 0 Å². The van der Waals surface area contributed by atoms with E-state index in [2.05, 4.69) is 10.2 Å². The Bertz CT molecular complexity index is 1300. The van der Waals surface area contributed by atoms with E-state index in [-0.39, 0.29) is 17.6 Å². The molecule has 5 rings (SSSR count). The van der Waals surface area contributed by atoms with Crippen molar-refractivity contribution in [3.63, 3.8) is 0 Å². The highest BCUT2D eigenvalue weighted by molar-refractivity contribution is 5.92. The minimum absolute atomic E-state index is 0.0449. The number of benzene rings is 1. The zero-order chi connectivity index (χ0) is 22.2. The summed E-state index contributed by atoms with van der Waals surface area (Å²) < 4.78 is 22.5. The maximum Gasteiger partial charge on any atom is 0.274 e. The maximum atomic E-state index is 13.8. The largest absolute Gasteiger partial charge is 0.496 e. The van der Waals surface area contributed by atoms with Crippen LogP contribution >= 0.6 is 0 Å². The predicted molar refractivity (Wildman–Crippen MR) is 116 cm³/mol. The Morgan fingerprint density at radius 2 is 2.06 bits per heavy atom. The molecule has 0 aliphatic carbocycles. The quantitative estimate of drug-likeness (QED) is 0.493. The van der Waals surface area contributed by atoms with Crippen molar-refractivity contribution in [2.24, 2.45) is 7.05 Å². The van der Waals surface area contributed by atoms with Crippen LogP contribution in [0.1, 0.15) is 35.1 Å². The topological polar surface area (TPSA) is 77.5 Å². The molecule has 8 nitrogen and oxygen atoms in total. The smallest absolute Gasteiger partial charge is 0.274 e. The number of carbonyl (C=O) groups excluding carboxylic acids is 1. The highest BCUT2D eigenvalue weighted by atomic mass is 19.1. The van der Waals surface area contributed by atoms with Crippen molar-refractivity contribution in [3.05, 3.63) is 66.1 Å². The number of hydrogen-bond acceptors (Lipinski definition) is 5. The van der Waals surface area contributed by atoms with Crippen LogP contribution in [-0.2, 0) is 7.05 Å². The molecule has 1 amide bonds. The number of amides is 1. The van der Waals surface area contributed by atoms with Crippen LogP contribution in [0.25, 0.3) is 16.8 Å². The van der Waals surface area contributed by atoms with Crippen LogP contribution in [0.3, 0.4) is 0 Å². The fourth-order valence-corrected chi connectivity index (χ4v) is 4.20. The van der Waals surface area contributed by atoms with Crippen molar-refractivity contribution in [3.8, 4) is 16.9 Å². The highest BCUT2D eigenvalue weighted by Crippen LogP contribution is 2.31. The van der Waals surface area contributed by atoms with Crippen molar-refractivity contribution < 1.29 is 13.9 Å². The molecule has 3 aromatic heterocycles. The van der Waals surface area contributed by atoms with Gasteiger partial charge in [0.2, 0.25) is 0 Å². The number of likely N-dealkylation sites (tertiary alicyclic amines) is 1. The molecule has 1 aliphatic heterocycles. The summed E-state index contributed by atoms with van der Waals surface area (Å²) in [4.78, 5) is 19.3. The molecule has 4 heterocycles. The number of carbonyl (C=O) groups is 1. The standard InChI is InChI=1S/C23H23FN6O2/c1-28-11-9-19(26-28)23(31)29-10-3-4-16(13-29)22-25-21-8-5-15(14-30(21)27-22)18-12-17(24)6-7-20(18)32-2/h5-9,11-12,14,16H,3-4,10,13H2,1-2H3/t16-/m1/s1. The number of hydrogen-bond donors (Lipinski definition) is 0. The summed E-state index contributed by atoms with van der Waals surface area (Å²) >= 11 is 0.